The van der Waals surface area contributed by atoms with Crippen LogP contribution in [0.5, 0.6) is 11.5 Å². The molecule has 110 valence electrons. The van der Waals surface area contributed by atoms with Gasteiger partial charge in [0.25, 0.3) is 0 Å². The van der Waals surface area contributed by atoms with Crippen LogP contribution in [0.15, 0.2) is 42.5 Å². The van der Waals surface area contributed by atoms with Gasteiger partial charge in [0.15, 0.2) is 0 Å². The van der Waals surface area contributed by atoms with Crippen LogP contribution in [0, 0.1) is 0 Å². The topological polar surface area (TPSA) is 30.5 Å². The van der Waals surface area contributed by atoms with Crippen molar-refractivity contribution in [1.82, 2.24) is 5.32 Å². The summed E-state index contributed by atoms with van der Waals surface area (Å²) in [5, 5.41) is 4.14. The first-order chi connectivity index (χ1) is 10.3. The molecule has 0 spiro atoms. The number of likely N-dealkylation sites (N-methyl/N-ethyl adjacent to an activating group) is 1. The van der Waals surface area contributed by atoms with Crippen molar-refractivity contribution in [3.05, 3.63) is 58.6 Å². The van der Waals surface area contributed by atoms with E-state index < -0.39 is 0 Å². The molecule has 1 aliphatic heterocycles. The monoisotopic (exact) mass is 303 g/mol. The van der Waals surface area contributed by atoms with Gasteiger partial charge in [-0.05, 0) is 36.4 Å². The predicted molar refractivity (Wildman–Crippen MR) is 84.1 cm³/mol. The molecule has 21 heavy (non-hydrogen) atoms. The van der Waals surface area contributed by atoms with Crippen molar-refractivity contribution in [2.45, 2.75) is 19.6 Å². The lowest BCUT2D eigenvalue weighted by Crippen LogP contribution is -2.21. The lowest BCUT2D eigenvalue weighted by atomic mass is 10.1. The Bertz CT molecular complexity index is 613. The van der Waals surface area contributed by atoms with E-state index in [0.717, 1.165) is 28.6 Å². The fourth-order valence-corrected chi connectivity index (χ4v) is 2.57. The van der Waals surface area contributed by atoms with Gasteiger partial charge in [0, 0.05) is 16.7 Å². The molecule has 0 fully saturated rings. The zero-order valence-electron chi connectivity index (χ0n) is 11.9. The molecule has 0 radical (unpaired) electrons. The van der Waals surface area contributed by atoms with Crippen molar-refractivity contribution in [3.63, 3.8) is 0 Å². The van der Waals surface area contributed by atoms with Gasteiger partial charge in [-0.2, -0.15) is 0 Å². The van der Waals surface area contributed by atoms with E-state index in [9.17, 15) is 0 Å². The summed E-state index contributed by atoms with van der Waals surface area (Å²) in [4.78, 5) is 0. The average molecular weight is 304 g/mol. The quantitative estimate of drug-likeness (QED) is 0.907. The number of nitrogens with one attached hydrogen (secondary N) is 1. The Balaban J connectivity index is 1.66. The zero-order valence-corrected chi connectivity index (χ0v) is 12.7. The molecule has 0 aliphatic carbocycles. The van der Waals surface area contributed by atoms with Gasteiger partial charge in [-0.1, -0.05) is 30.7 Å². The van der Waals surface area contributed by atoms with Crippen LogP contribution in [0.1, 0.15) is 24.1 Å². The summed E-state index contributed by atoms with van der Waals surface area (Å²) in [5.74, 6) is 1.73. The maximum Gasteiger partial charge on any atom is 0.128 e. The summed E-state index contributed by atoms with van der Waals surface area (Å²) >= 11 is 5.87. The van der Waals surface area contributed by atoms with Crippen LogP contribution >= 0.6 is 11.6 Å². The number of ether oxygens (including phenoxy) is 2. The van der Waals surface area contributed by atoms with Crippen molar-refractivity contribution in [2.24, 2.45) is 0 Å². The number of halogens is 1. The summed E-state index contributed by atoms with van der Waals surface area (Å²) in [6.45, 7) is 4.24. The summed E-state index contributed by atoms with van der Waals surface area (Å²) in [6.07, 6.45) is 0. The zero-order chi connectivity index (χ0) is 14.7. The molecular formula is C17H18ClNO2. The van der Waals surface area contributed by atoms with Crippen molar-refractivity contribution in [1.29, 1.82) is 0 Å². The normalized spacial score (nSPS) is 16.4. The maximum absolute atomic E-state index is 5.87. The minimum absolute atomic E-state index is 0.287. The van der Waals surface area contributed by atoms with Crippen LogP contribution in [0.4, 0.5) is 0 Å². The summed E-state index contributed by atoms with van der Waals surface area (Å²) in [7, 11) is 0. The Kier molecular flexibility index (Phi) is 4.32. The number of hydrogen-bond donors (Lipinski definition) is 1. The average Bonchev–Trinajstić information content (AvgIpc) is 2.90. The smallest absolute Gasteiger partial charge is 0.128 e. The van der Waals surface area contributed by atoms with E-state index in [1.165, 1.54) is 5.56 Å². The lowest BCUT2D eigenvalue weighted by molar-refractivity contribution is 0.297. The van der Waals surface area contributed by atoms with Gasteiger partial charge >= 0.3 is 0 Å². The molecule has 0 saturated heterocycles. The Hall–Kier alpha value is -1.71. The highest BCUT2D eigenvalue weighted by Crippen LogP contribution is 2.35. The third-order valence-corrected chi connectivity index (χ3v) is 3.79. The largest absolute Gasteiger partial charge is 0.491 e. The highest BCUT2D eigenvalue weighted by Gasteiger charge is 2.23. The third kappa shape index (κ3) is 3.31. The van der Waals surface area contributed by atoms with Crippen molar-refractivity contribution >= 4 is 11.6 Å². The molecule has 3 rings (SSSR count). The Morgan fingerprint density at radius 2 is 2.05 bits per heavy atom. The SMILES string of the molecule is CCNC1COc2cc(OCc3ccc(Cl)cc3)ccc21. The highest BCUT2D eigenvalue weighted by molar-refractivity contribution is 6.30. The molecule has 1 atom stereocenters. The molecule has 1 unspecified atom stereocenters. The molecule has 0 saturated carbocycles. The standard InChI is InChI=1S/C17H18ClNO2/c1-2-19-16-11-21-17-9-14(7-8-15(16)17)20-10-12-3-5-13(18)6-4-12/h3-9,16,19H,2,10-11H2,1H3. The number of fused-ring (bicyclic) bond motifs is 1. The second-order valence-corrected chi connectivity index (χ2v) is 5.47. The highest BCUT2D eigenvalue weighted by atomic mass is 35.5. The first-order valence-corrected chi connectivity index (χ1v) is 7.51. The lowest BCUT2D eigenvalue weighted by Gasteiger charge is -2.10. The fourth-order valence-electron chi connectivity index (χ4n) is 2.44. The van der Waals surface area contributed by atoms with E-state index in [1.807, 2.05) is 36.4 Å². The van der Waals surface area contributed by atoms with E-state index in [-0.39, 0.29) is 6.04 Å². The Morgan fingerprint density at radius 1 is 1.24 bits per heavy atom. The number of benzene rings is 2. The minimum atomic E-state index is 0.287. The Morgan fingerprint density at radius 3 is 2.81 bits per heavy atom. The molecule has 0 amide bonds. The van der Waals surface area contributed by atoms with Gasteiger partial charge in [-0.25, -0.2) is 0 Å². The van der Waals surface area contributed by atoms with E-state index >= 15 is 0 Å². The van der Waals surface area contributed by atoms with Gasteiger partial charge < -0.3 is 14.8 Å². The summed E-state index contributed by atoms with van der Waals surface area (Å²) in [5.41, 5.74) is 2.29. The molecule has 1 aliphatic rings. The first kappa shape index (κ1) is 14.2. The maximum atomic E-state index is 5.87. The van der Waals surface area contributed by atoms with E-state index in [0.29, 0.717) is 13.2 Å². The van der Waals surface area contributed by atoms with E-state index in [2.05, 4.69) is 18.3 Å². The van der Waals surface area contributed by atoms with Gasteiger partial charge in [-0.3, -0.25) is 0 Å². The Labute approximate surface area is 129 Å². The van der Waals surface area contributed by atoms with Crippen molar-refractivity contribution < 1.29 is 9.47 Å². The van der Waals surface area contributed by atoms with Gasteiger partial charge in [0.05, 0.1) is 6.04 Å². The third-order valence-electron chi connectivity index (χ3n) is 3.54. The second-order valence-electron chi connectivity index (χ2n) is 5.04. The van der Waals surface area contributed by atoms with E-state index in [4.69, 9.17) is 21.1 Å². The summed E-state index contributed by atoms with van der Waals surface area (Å²) in [6, 6.07) is 14.0. The first-order valence-electron chi connectivity index (χ1n) is 7.13. The number of rotatable bonds is 5. The van der Waals surface area contributed by atoms with Crippen LogP contribution < -0.4 is 14.8 Å². The fraction of sp³-hybridized carbons (Fsp3) is 0.294. The van der Waals surface area contributed by atoms with Gasteiger partial charge in [0.1, 0.15) is 24.7 Å². The molecular weight excluding hydrogens is 286 g/mol. The molecule has 0 aromatic heterocycles. The van der Waals surface area contributed by atoms with Crippen LogP contribution in [0.2, 0.25) is 5.02 Å². The predicted octanol–water partition coefficient (Wildman–Crippen LogP) is 3.96. The second kappa shape index (κ2) is 6.37. The van der Waals surface area contributed by atoms with E-state index in [1.54, 1.807) is 0 Å². The van der Waals surface area contributed by atoms with Gasteiger partial charge in [0.2, 0.25) is 0 Å². The molecule has 3 nitrogen and oxygen atoms in total. The van der Waals surface area contributed by atoms with Crippen molar-refractivity contribution in [3.8, 4) is 11.5 Å². The van der Waals surface area contributed by atoms with Crippen LogP contribution in [0.25, 0.3) is 0 Å². The number of hydrogen-bond acceptors (Lipinski definition) is 3. The van der Waals surface area contributed by atoms with Gasteiger partial charge in [-0.15, -0.1) is 0 Å². The van der Waals surface area contributed by atoms with Crippen LogP contribution in [-0.4, -0.2) is 13.2 Å². The molecule has 2 aromatic carbocycles. The van der Waals surface area contributed by atoms with Crippen LogP contribution in [0.3, 0.4) is 0 Å². The molecule has 2 aromatic rings. The molecule has 1 heterocycles. The molecule has 0 bridgehead atoms. The van der Waals surface area contributed by atoms with Crippen LogP contribution in [-0.2, 0) is 6.61 Å². The molecule has 4 heteroatoms. The minimum Gasteiger partial charge on any atom is -0.491 e. The van der Waals surface area contributed by atoms with Crippen molar-refractivity contribution in [2.75, 3.05) is 13.2 Å². The summed E-state index contributed by atoms with van der Waals surface area (Å²) < 4.78 is 11.5. The molecule has 1 N–H and O–H groups in total.